The van der Waals surface area contributed by atoms with E-state index in [2.05, 4.69) is 4.98 Å². The van der Waals surface area contributed by atoms with Crippen molar-refractivity contribution in [3.05, 3.63) is 54.2 Å². The van der Waals surface area contributed by atoms with Crippen molar-refractivity contribution in [1.82, 2.24) is 9.88 Å². The molecule has 0 saturated carbocycles. The Kier molecular flexibility index (Phi) is 4.85. The van der Waals surface area contributed by atoms with Crippen LogP contribution in [0.2, 0.25) is 0 Å². The molecule has 1 atom stereocenters. The molecule has 0 aliphatic carbocycles. The van der Waals surface area contributed by atoms with E-state index in [1.54, 1.807) is 24.2 Å². The number of anilines is 1. The Morgan fingerprint density at radius 3 is 2.62 bits per heavy atom. The molecule has 2 aromatic rings. The molecule has 0 spiro atoms. The number of pyridine rings is 1. The Hall–Kier alpha value is -2.34. The third-order valence-corrected chi connectivity index (χ3v) is 4.89. The number of likely N-dealkylation sites (N-methyl/N-ethyl adjacent to an activating group) is 1. The maximum atomic E-state index is 12.7. The van der Waals surface area contributed by atoms with E-state index in [9.17, 15) is 9.59 Å². The van der Waals surface area contributed by atoms with Gasteiger partial charge in [0, 0.05) is 25.5 Å². The summed E-state index contributed by atoms with van der Waals surface area (Å²) < 4.78 is 0. The van der Waals surface area contributed by atoms with Gasteiger partial charge in [0.2, 0.25) is 5.91 Å². The monoisotopic (exact) mass is 341 g/mol. The highest BCUT2D eigenvalue weighted by Gasteiger charge is 2.37. The zero-order valence-electron chi connectivity index (χ0n) is 13.7. The molecular weight excluding hydrogens is 322 g/mol. The fourth-order valence-corrected chi connectivity index (χ4v) is 3.22. The Balaban J connectivity index is 1.74. The fourth-order valence-electron chi connectivity index (χ4n) is 2.86. The second-order valence-electron chi connectivity index (χ2n) is 5.64. The van der Waals surface area contributed by atoms with Gasteiger partial charge >= 0.3 is 0 Å². The molecule has 1 aliphatic rings. The lowest BCUT2D eigenvalue weighted by Gasteiger charge is -2.24. The van der Waals surface area contributed by atoms with Crippen molar-refractivity contribution in [2.75, 3.05) is 24.7 Å². The van der Waals surface area contributed by atoms with Crippen LogP contribution in [-0.4, -0.2) is 47.6 Å². The Morgan fingerprint density at radius 1 is 1.25 bits per heavy atom. The number of rotatable bonds is 4. The highest BCUT2D eigenvalue weighted by atomic mass is 32.2. The molecule has 0 radical (unpaired) electrons. The average Bonchev–Trinajstić information content (AvgIpc) is 3.02. The smallest absolute Gasteiger partial charge is 0.255 e. The van der Waals surface area contributed by atoms with E-state index in [0.29, 0.717) is 18.5 Å². The number of nitrogens with zero attached hydrogens (tertiary/aromatic N) is 3. The van der Waals surface area contributed by atoms with Gasteiger partial charge in [-0.2, -0.15) is 0 Å². The molecule has 0 N–H and O–H groups in total. The second-order valence-corrected chi connectivity index (χ2v) is 6.46. The summed E-state index contributed by atoms with van der Waals surface area (Å²) in [7, 11) is 1.68. The van der Waals surface area contributed by atoms with E-state index >= 15 is 0 Å². The van der Waals surface area contributed by atoms with Crippen molar-refractivity contribution < 1.29 is 9.59 Å². The van der Waals surface area contributed by atoms with Gasteiger partial charge in [-0.15, -0.1) is 11.8 Å². The number of carbonyl (C=O) groups is 2. The first-order valence-corrected chi connectivity index (χ1v) is 8.98. The summed E-state index contributed by atoms with van der Waals surface area (Å²) in [4.78, 5) is 32.8. The van der Waals surface area contributed by atoms with Crippen molar-refractivity contribution >= 4 is 29.3 Å². The SMILES string of the molecule is CSc1ccc(C(=O)N(C)[C@H]2CCN(c3ccccc3)C2=O)cn1. The van der Waals surface area contributed by atoms with Crippen LogP contribution in [0.15, 0.2) is 53.7 Å². The van der Waals surface area contributed by atoms with Gasteiger partial charge in [-0.3, -0.25) is 9.59 Å². The van der Waals surface area contributed by atoms with Gasteiger partial charge in [0.25, 0.3) is 5.91 Å². The van der Waals surface area contributed by atoms with Gasteiger partial charge in [0.05, 0.1) is 10.6 Å². The van der Waals surface area contributed by atoms with Crippen LogP contribution >= 0.6 is 11.8 Å². The number of benzene rings is 1. The van der Waals surface area contributed by atoms with Crippen molar-refractivity contribution in [1.29, 1.82) is 0 Å². The molecule has 3 rings (SSSR count). The molecule has 6 heteroatoms. The second kappa shape index (κ2) is 7.05. The number of hydrogen-bond donors (Lipinski definition) is 0. The largest absolute Gasteiger partial charge is 0.330 e. The Morgan fingerprint density at radius 2 is 2.00 bits per heavy atom. The molecule has 5 nitrogen and oxygen atoms in total. The van der Waals surface area contributed by atoms with Gasteiger partial charge in [-0.05, 0) is 36.9 Å². The van der Waals surface area contributed by atoms with Crippen LogP contribution in [-0.2, 0) is 4.79 Å². The summed E-state index contributed by atoms with van der Waals surface area (Å²) >= 11 is 1.52. The number of carbonyl (C=O) groups excluding carboxylic acids is 2. The lowest BCUT2D eigenvalue weighted by molar-refractivity contribution is -0.120. The summed E-state index contributed by atoms with van der Waals surface area (Å²) in [6, 6.07) is 12.7. The fraction of sp³-hybridized carbons (Fsp3) is 0.278. The lowest BCUT2D eigenvalue weighted by atomic mass is 10.2. The topological polar surface area (TPSA) is 53.5 Å². The molecule has 1 aromatic carbocycles. The van der Waals surface area contributed by atoms with Crippen molar-refractivity contribution in [3.8, 4) is 0 Å². The van der Waals surface area contributed by atoms with Gasteiger partial charge in [0.15, 0.2) is 0 Å². The molecule has 24 heavy (non-hydrogen) atoms. The molecule has 124 valence electrons. The third kappa shape index (κ3) is 3.14. The molecule has 1 fully saturated rings. The minimum Gasteiger partial charge on any atom is -0.330 e. The van der Waals surface area contributed by atoms with Crippen molar-refractivity contribution in [2.45, 2.75) is 17.5 Å². The summed E-state index contributed by atoms with van der Waals surface area (Å²) in [6.45, 7) is 0.620. The maximum absolute atomic E-state index is 12.7. The maximum Gasteiger partial charge on any atom is 0.255 e. The summed E-state index contributed by atoms with van der Waals surface area (Å²) in [5.74, 6) is -0.214. The zero-order chi connectivity index (χ0) is 17.1. The molecule has 1 aromatic heterocycles. The summed E-state index contributed by atoms with van der Waals surface area (Å²) in [6.07, 6.45) is 4.14. The first-order valence-electron chi connectivity index (χ1n) is 7.75. The molecule has 0 bridgehead atoms. The minimum atomic E-state index is -0.432. The molecule has 0 unspecified atom stereocenters. The van der Waals surface area contributed by atoms with E-state index in [1.807, 2.05) is 42.7 Å². The van der Waals surface area contributed by atoms with E-state index in [-0.39, 0.29) is 11.8 Å². The molecule has 2 amide bonds. The average molecular weight is 341 g/mol. The quantitative estimate of drug-likeness (QED) is 0.803. The van der Waals surface area contributed by atoms with E-state index in [0.717, 1.165) is 10.7 Å². The van der Waals surface area contributed by atoms with Crippen LogP contribution in [0.3, 0.4) is 0 Å². The van der Waals surface area contributed by atoms with Crippen LogP contribution < -0.4 is 4.90 Å². The molecule has 1 saturated heterocycles. The van der Waals surface area contributed by atoms with E-state index < -0.39 is 6.04 Å². The normalized spacial score (nSPS) is 17.2. The van der Waals surface area contributed by atoms with Crippen molar-refractivity contribution in [2.24, 2.45) is 0 Å². The van der Waals surface area contributed by atoms with Crippen LogP contribution in [0.4, 0.5) is 5.69 Å². The molecule has 1 aliphatic heterocycles. The predicted octanol–water partition coefficient (Wildman–Crippen LogP) is 2.68. The van der Waals surface area contributed by atoms with Crippen LogP contribution in [0.5, 0.6) is 0 Å². The summed E-state index contributed by atoms with van der Waals surface area (Å²) in [5.41, 5.74) is 1.37. The van der Waals surface area contributed by atoms with Gasteiger partial charge in [0.1, 0.15) is 6.04 Å². The highest BCUT2D eigenvalue weighted by molar-refractivity contribution is 7.98. The number of thioether (sulfide) groups is 1. The third-order valence-electron chi connectivity index (χ3n) is 4.23. The van der Waals surface area contributed by atoms with Gasteiger partial charge < -0.3 is 9.80 Å². The van der Waals surface area contributed by atoms with Gasteiger partial charge in [-0.1, -0.05) is 18.2 Å². The number of hydrogen-bond acceptors (Lipinski definition) is 4. The molecule has 2 heterocycles. The lowest BCUT2D eigenvalue weighted by Crippen LogP contribution is -2.43. The minimum absolute atomic E-state index is 0.0363. The van der Waals surface area contributed by atoms with Gasteiger partial charge in [-0.25, -0.2) is 4.98 Å². The molecular formula is C18H19N3O2S. The highest BCUT2D eigenvalue weighted by Crippen LogP contribution is 2.24. The predicted molar refractivity (Wildman–Crippen MR) is 95.3 cm³/mol. The zero-order valence-corrected chi connectivity index (χ0v) is 14.5. The van der Waals surface area contributed by atoms with Crippen LogP contribution in [0.1, 0.15) is 16.8 Å². The van der Waals surface area contributed by atoms with Crippen LogP contribution in [0, 0.1) is 0 Å². The summed E-state index contributed by atoms with van der Waals surface area (Å²) in [5, 5.41) is 0.862. The van der Waals surface area contributed by atoms with E-state index in [4.69, 9.17) is 0 Å². The van der Waals surface area contributed by atoms with Crippen molar-refractivity contribution in [3.63, 3.8) is 0 Å². The Bertz CT molecular complexity index is 734. The van der Waals surface area contributed by atoms with Crippen LogP contribution in [0.25, 0.3) is 0 Å². The number of amides is 2. The van der Waals surface area contributed by atoms with E-state index in [1.165, 1.54) is 16.7 Å². The number of para-hydroxylation sites is 1. The standard InChI is InChI=1S/C18H19N3O2S/c1-20(17(22)13-8-9-16(24-2)19-12-13)15-10-11-21(18(15)23)14-6-4-3-5-7-14/h3-9,12,15H,10-11H2,1-2H3/t15-/m0/s1. The first-order chi connectivity index (χ1) is 11.6. The Labute approximate surface area is 145 Å². The first kappa shape index (κ1) is 16.5. The number of aromatic nitrogens is 1.